The highest BCUT2D eigenvalue weighted by atomic mass is 15.2. The molecule has 5 heteroatoms. The summed E-state index contributed by atoms with van der Waals surface area (Å²) in [5.41, 5.74) is 3.88. The zero-order valence-electron chi connectivity index (χ0n) is 16.1. The summed E-state index contributed by atoms with van der Waals surface area (Å²) in [5, 5.41) is 11.0. The minimum atomic E-state index is 0.206. The lowest BCUT2D eigenvalue weighted by Gasteiger charge is -2.18. The van der Waals surface area contributed by atoms with Crippen LogP contribution in [0, 0.1) is 5.92 Å². The van der Waals surface area contributed by atoms with Crippen molar-refractivity contribution in [3.8, 4) is 0 Å². The largest absolute Gasteiger partial charge is 0.356 e. The van der Waals surface area contributed by atoms with E-state index in [-0.39, 0.29) is 6.04 Å². The molecule has 0 radical (unpaired) electrons. The Morgan fingerprint density at radius 2 is 1.88 bits per heavy atom. The lowest BCUT2D eigenvalue weighted by atomic mass is 10.00. The maximum Gasteiger partial charge on any atom is 0.191 e. The van der Waals surface area contributed by atoms with Crippen LogP contribution in [0.5, 0.6) is 0 Å². The monoisotopic (exact) mass is 341 g/mol. The summed E-state index contributed by atoms with van der Waals surface area (Å²) in [4.78, 5) is 4.32. The number of nitrogens with one attached hydrogen (secondary N) is 2. The first-order valence-corrected chi connectivity index (χ1v) is 9.01. The first kappa shape index (κ1) is 19.0. The van der Waals surface area contributed by atoms with E-state index in [0.717, 1.165) is 25.3 Å². The molecular formula is C20H31N5. The van der Waals surface area contributed by atoms with Crippen LogP contribution in [0.4, 0.5) is 0 Å². The fourth-order valence-corrected chi connectivity index (χ4v) is 2.82. The van der Waals surface area contributed by atoms with Crippen molar-refractivity contribution in [2.45, 2.75) is 39.7 Å². The van der Waals surface area contributed by atoms with Crippen molar-refractivity contribution in [1.82, 2.24) is 20.4 Å². The maximum absolute atomic E-state index is 4.32. The highest BCUT2D eigenvalue weighted by molar-refractivity contribution is 5.80. The quantitative estimate of drug-likeness (QED) is 0.601. The molecule has 0 amide bonds. The Bertz CT molecular complexity index is 670. The summed E-state index contributed by atoms with van der Waals surface area (Å²) in [6.45, 7) is 7.48. The maximum atomic E-state index is 4.32. The lowest BCUT2D eigenvalue weighted by molar-refractivity contribution is 0.645. The van der Waals surface area contributed by atoms with E-state index in [4.69, 9.17) is 0 Å². The highest BCUT2D eigenvalue weighted by Crippen LogP contribution is 2.15. The predicted octanol–water partition coefficient (Wildman–Crippen LogP) is 3.09. The molecule has 0 aliphatic heterocycles. The van der Waals surface area contributed by atoms with E-state index >= 15 is 0 Å². The predicted molar refractivity (Wildman–Crippen MR) is 105 cm³/mol. The Morgan fingerprint density at radius 1 is 1.16 bits per heavy atom. The van der Waals surface area contributed by atoms with Gasteiger partial charge in [0, 0.05) is 26.8 Å². The van der Waals surface area contributed by atoms with Gasteiger partial charge in [0.05, 0.1) is 12.2 Å². The van der Waals surface area contributed by atoms with E-state index in [1.165, 1.54) is 16.7 Å². The molecule has 5 nitrogen and oxygen atoms in total. The van der Waals surface area contributed by atoms with Gasteiger partial charge in [0.1, 0.15) is 0 Å². The number of aryl methyl sites for hydroxylation is 1. The van der Waals surface area contributed by atoms with Crippen molar-refractivity contribution < 1.29 is 0 Å². The van der Waals surface area contributed by atoms with Crippen LogP contribution in [0.25, 0.3) is 0 Å². The van der Waals surface area contributed by atoms with Crippen molar-refractivity contribution in [1.29, 1.82) is 0 Å². The second-order valence-electron chi connectivity index (χ2n) is 6.98. The fourth-order valence-electron chi connectivity index (χ4n) is 2.82. The van der Waals surface area contributed by atoms with Gasteiger partial charge < -0.3 is 10.6 Å². The van der Waals surface area contributed by atoms with Crippen molar-refractivity contribution in [3.63, 3.8) is 0 Å². The second kappa shape index (κ2) is 9.25. The lowest BCUT2D eigenvalue weighted by Crippen LogP contribution is -2.39. The van der Waals surface area contributed by atoms with Crippen molar-refractivity contribution in [2.24, 2.45) is 18.0 Å². The Balaban J connectivity index is 1.83. The van der Waals surface area contributed by atoms with Gasteiger partial charge in [-0.15, -0.1) is 0 Å². The molecule has 2 aromatic rings. The van der Waals surface area contributed by atoms with Crippen LogP contribution in [0.15, 0.2) is 41.7 Å². The third-order valence-electron chi connectivity index (χ3n) is 4.16. The van der Waals surface area contributed by atoms with Crippen molar-refractivity contribution >= 4 is 5.96 Å². The highest BCUT2D eigenvalue weighted by Gasteiger charge is 2.08. The molecule has 136 valence electrons. The number of guanidine groups is 1. The minimum absolute atomic E-state index is 0.206. The minimum Gasteiger partial charge on any atom is -0.356 e. The summed E-state index contributed by atoms with van der Waals surface area (Å²) in [6, 6.07) is 9.08. The van der Waals surface area contributed by atoms with Gasteiger partial charge in [-0.1, -0.05) is 38.1 Å². The van der Waals surface area contributed by atoms with E-state index in [1.807, 2.05) is 24.1 Å². The third-order valence-corrected chi connectivity index (χ3v) is 4.16. The number of hydrogen-bond acceptors (Lipinski definition) is 2. The van der Waals surface area contributed by atoms with Crippen LogP contribution in [-0.2, 0) is 19.9 Å². The van der Waals surface area contributed by atoms with E-state index < -0.39 is 0 Å². The molecule has 1 atom stereocenters. The molecular weight excluding hydrogens is 310 g/mol. The number of benzene rings is 1. The topological polar surface area (TPSA) is 54.2 Å². The van der Waals surface area contributed by atoms with E-state index in [2.05, 4.69) is 65.8 Å². The smallest absolute Gasteiger partial charge is 0.191 e. The summed E-state index contributed by atoms with van der Waals surface area (Å²) < 4.78 is 1.83. The Hall–Kier alpha value is -2.30. The normalized spacial score (nSPS) is 13.1. The Morgan fingerprint density at radius 3 is 2.44 bits per heavy atom. The molecule has 25 heavy (non-hydrogen) atoms. The van der Waals surface area contributed by atoms with Gasteiger partial charge in [0.25, 0.3) is 0 Å². The molecule has 0 saturated heterocycles. The number of nitrogens with zero attached hydrogens (tertiary/aromatic N) is 3. The van der Waals surface area contributed by atoms with E-state index in [0.29, 0.717) is 5.92 Å². The van der Waals surface area contributed by atoms with Gasteiger partial charge in [0.15, 0.2) is 5.96 Å². The summed E-state index contributed by atoms with van der Waals surface area (Å²) in [6.07, 6.45) is 5.99. The van der Waals surface area contributed by atoms with Gasteiger partial charge >= 0.3 is 0 Å². The van der Waals surface area contributed by atoms with Crippen LogP contribution in [0.1, 0.15) is 43.5 Å². The van der Waals surface area contributed by atoms with Crippen molar-refractivity contribution in [3.05, 3.63) is 53.3 Å². The molecule has 0 aliphatic rings. The summed E-state index contributed by atoms with van der Waals surface area (Å²) in [7, 11) is 3.74. The van der Waals surface area contributed by atoms with Gasteiger partial charge in [0.2, 0.25) is 0 Å². The molecule has 1 unspecified atom stereocenters. The molecule has 0 bridgehead atoms. The molecule has 1 aromatic carbocycles. The van der Waals surface area contributed by atoms with Crippen LogP contribution in [0.2, 0.25) is 0 Å². The number of hydrogen-bond donors (Lipinski definition) is 2. The number of aromatic nitrogens is 2. The average Bonchev–Trinajstić information content (AvgIpc) is 2.99. The molecule has 2 N–H and O–H groups in total. The SMILES string of the molecule is CN=C(NCCc1cnn(C)c1)NC(C)c1ccc(CC(C)C)cc1. The first-order valence-electron chi connectivity index (χ1n) is 9.01. The Labute approximate surface area is 151 Å². The van der Waals surface area contributed by atoms with E-state index in [9.17, 15) is 0 Å². The molecule has 1 heterocycles. The van der Waals surface area contributed by atoms with E-state index in [1.54, 1.807) is 7.05 Å². The van der Waals surface area contributed by atoms with Crippen LogP contribution < -0.4 is 10.6 Å². The zero-order chi connectivity index (χ0) is 18.2. The first-order chi connectivity index (χ1) is 12.0. The van der Waals surface area contributed by atoms with Gasteiger partial charge in [-0.3, -0.25) is 9.67 Å². The molecule has 2 rings (SSSR count). The van der Waals surface area contributed by atoms with Gasteiger partial charge in [-0.25, -0.2) is 0 Å². The van der Waals surface area contributed by atoms with Crippen LogP contribution in [0.3, 0.4) is 0 Å². The van der Waals surface area contributed by atoms with Crippen LogP contribution >= 0.6 is 0 Å². The summed E-state index contributed by atoms with van der Waals surface area (Å²) in [5.74, 6) is 1.51. The fraction of sp³-hybridized carbons (Fsp3) is 0.500. The molecule has 0 aliphatic carbocycles. The molecule has 1 aromatic heterocycles. The Kier molecular flexibility index (Phi) is 7.04. The number of rotatable bonds is 7. The van der Waals surface area contributed by atoms with Crippen molar-refractivity contribution in [2.75, 3.05) is 13.6 Å². The van der Waals surface area contributed by atoms with Crippen LogP contribution in [-0.4, -0.2) is 29.3 Å². The van der Waals surface area contributed by atoms with Gasteiger partial charge in [-0.2, -0.15) is 5.10 Å². The zero-order valence-corrected chi connectivity index (χ0v) is 16.1. The molecule has 0 saturated carbocycles. The molecule has 0 spiro atoms. The third kappa shape index (κ3) is 6.25. The van der Waals surface area contributed by atoms with Gasteiger partial charge in [-0.05, 0) is 42.4 Å². The summed E-state index contributed by atoms with van der Waals surface area (Å²) >= 11 is 0. The number of aliphatic imine (C=N–C) groups is 1. The average molecular weight is 342 g/mol. The molecule has 0 fully saturated rings. The standard InChI is InChI=1S/C20H31N5/c1-15(2)12-17-6-8-19(9-7-17)16(3)24-20(21-4)22-11-10-18-13-23-25(5)14-18/h6-9,13-16H,10-12H2,1-5H3,(H2,21,22,24). The second-order valence-corrected chi connectivity index (χ2v) is 6.98.